The predicted octanol–water partition coefficient (Wildman–Crippen LogP) is 3.00. The third-order valence-electron chi connectivity index (χ3n) is 4.91. The van der Waals surface area contributed by atoms with Gasteiger partial charge in [-0.15, -0.1) is 11.3 Å². The molecule has 4 rings (SSSR count). The standard InChI is InChI=1S/C17H22N4OS/c1-12-11-18-16(23-12)13-5-8-20(9-6-13)17(22)15-10-14-4-2-3-7-21(14)19-15/h10-11,13H,2-9H2,1H3. The van der Waals surface area contributed by atoms with E-state index in [9.17, 15) is 4.79 Å². The van der Waals surface area contributed by atoms with Crippen LogP contribution < -0.4 is 0 Å². The molecule has 0 N–H and O–H groups in total. The minimum absolute atomic E-state index is 0.0978. The van der Waals surface area contributed by atoms with Gasteiger partial charge in [0.1, 0.15) is 0 Å². The smallest absolute Gasteiger partial charge is 0.274 e. The number of nitrogens with zero attached hydrogens (tertiary/aromatic N) is 4. The highest BCUT2D eigenvalue weighted by atomic mass is 32.1. The maximum atomic E-state index is 12.7. The molecule has 1 amide bonds. The van der Waals surface area contributed by atoms with Gasteiger partial charge in [-0.1, -0.05) is 0 Å². The highest BCUT2D eigenvalue weighted by Gasteiger charge is 2.28. The van der Waals surface area contributed by atoms with Crippen molar-refractivity contribution in [2.75, 3.05) is 13.1 Å². The van der Waals surface area contributed by atoms with Crippen molar-refractivity contribution in [2.45, 2.75) is 51.5 Å². The van der Waals surface area contributed by atoms with E-state index in [0.29, 0.717) is 11.6 Å². The lowest BCUT2D eigenvalue weighted by Gasteiger charge is -2.30. The molecule has 0 spiro atoms. The Morgan fingerprint density at radius 2 is 2.09 bits per heavy atom. The summed E-state index contributed by atoms with van der Waals surface area (Å²) in [7, 11) is 0. The van der Waals surface area contributed by atoms with Crippen molar-refractivity contribution in [1.29, 1.82) is 0 Å². The second-order valence-electron chi connectivity index (χ2n) is 6.58. The number of aryl methyl sites for hydroxylation is 3. The van der Waals surface area contributed by atoms with Gasteiger partial charge in [0, 0.05) is 42.3 Å². The van der Waals surface area contributed by atoms with Gasteiger partial charge in [0.25, 0.3) is 5.91 Å². The number of aromatic nitrogens is 3. The van der Waals surface area contributed by atoms with Gasteiger partial charge in [-0.2, -0.15) is 5.10 Å². The molecule has 6 heteroatoms. The Hall–Kier alpha value is -1.69. The number of hydrogen-bond donors (Lipinski definition) is 0. The highest BCUT2D eigenvalue weighted by Crippen LogP contribution is 2.31. The fraction of sp³-hybridized carbons (Fsp3) is 0.588. The topological polar surface area (TPSA) is 51.0 Å². The summed E-state index contributed by atoms with van der Waals surface area (Å²) in [5, 5.41) is 5.75. The minimum Gasteiger partial charge on any atom is -0.337 e. The second-order valence-corrected chi connectivity index (χ2v) is 7.84. The Morgan fingerprint density at radius 3 is 2.78 bits per heavy atom. The van der Waals surface area contributed by atoms with Crippen LogP contribution in [0.4, 0.5) is 0 Å². The molecule has 1 fully saturated rings. The maximum Gasteiger partial charge on any atom is 0.274 e. The third kappa shape index (κ3) is 2.92. The van der Waals surface area contributed by atoms with Crippen molar-refractivity contribution in [3.05, 3.63) is 33.5 Å². The van der Waals surface area contributed by atoms with Gasteiger partial charge >= 0.3 is 0 Å². The molecule has 0 aromatic carbocycles. The van der Waals surface area contributed by atoms with E-state index in [4.69, 9.17) is 0 Å². The molecule has 0 aliphatic carbocycles. The zero-order valence-electron chi connectivity index (χ0n) is 13.5. The zero-order chi connectivity index (χ0) is 15.8. The number of carbonyl (C=O) groups is 1. The van der Waals surface area contributed by atoms with Gasteiger partial charge in [-0.05, 0) is 45.1 Å². The molecular formula is C17H22N4OS. The highest BCUT2D eigenvalue weighted by molar-refractivity contribution is 7.11. The number of piperidine rings is 1. The molecule has 23 heavy (non-hydrogen) atoms. The Labute approximate surface area is 140 Å². The molecule has 2 aliphatic rings. The first-order chi connectivity index (χ1) is 11.2. The zero-order valence-corrected chi connectivity index (χ0v) is 14.3. The van der Waals surface area contributed by atoms with Crippen LogP contribution in [0.5, 0.6) is 0 Å². The number of thiazole rings is 1. The average molecular weight is 330 g/mol. The van der Waals surface area contributed by atoms with Crippen LogP contribution in [-0.2, 0) is 13.0 Å². The normalized spacial score (nSPS) is 18.9. The lowest BCUT2D eigenvalue weighted by Crippen LogP contribution is -2.38. The monoisotopic (exact) mass is 330 g/mol. The number of likely N-dealkylation sites (tertiary alicyclic amines) is 1. The molecule has 0 unspecified atom stereocenters. The van der Waals surface area contributed by atoms with Gasteiger partial charge in [-0.3, -0.25) is 9.48 Å². The van der Waals surface area contributed by atoms with Gasteiger partial charge < -0.3 is 4.90 Å². The van der Waals surface area contributed by atoms with Gasteiger partial charge in [-0.25, -0.2) is 4.98 Å². The largest absolute Gasteiger partial charge is 0.337 e. The molecule has 2 aromatic heterocycles. The number of fused-ring (bicyclic) bond motifs is 1. The molecule has 122 valence electrons. The summed E-state index contributed by atoms with van der Waals surface area (Å²) < 4.78 is 2.02. The minimum atomic E-state index is 0.0978. The molecule has 4 heterocycles. The lowest BCUT2D eigenvalue weighted by molar-refractivity contribution is 0.0706. The van der Waals surface area contributed by atoms with Crippen molar-refractivity contribution in [3.8, 4) is 0 Å². The van der Waals surface area contributed by atoms with Crippen molar-refractivity contribution in [1.82, 2.24) is 19.7 Å². The SMILES string of the molecule is Cc1cnc(C2CCN(C(=O)c3cc4n(n3)CCCC4)CC2)s1. The molecule has 5 nitrogen and oxygen atoms in total. The van der Waals surface area contributed by atoms with Crippen LogP contribution in [0.3, 0.4) is 0 Å². The number of hydrogen-bond acceptors (Lipinski definition) is 4. The van der Waals surface area contributed by atoms with Crippen molar-refractivity contribution < 1.29 is 4.79 Å². The summed E-state index contributed by atoms with van der Waals surface area (Å²) in [5.74, 6) is 0.605. The molecule has 0 atom stereocenters. The molecule has 2 aromatic rings. The summed E-state index contributed by atoms with van der Waals surface area (Å²) in [6.07, 6.45) is 7.39. The van der Waals surface area contributed by atoms with E-state index in [1.165, 1.54) is 28.4 Å². The first-order valence-electron chi connectivity index (χ1n) is 8.49. The number of rotatable bonds is 2. The molecule has 0 saturated carbocycles. The van der Waals surface area contributed by atoms with Crippen LogP contribution >= 0.6 is 11.3 Å². The summed E-state index contributed by atoms with van der Waals surface area (Å²) in [4.78, 5) is 20.4. The fourth-order valence-electron chi connectivity index (χ4n) is 3.57. The van der Waals surface area contributed by atoms with E-state index in [1.807, 2.05) is 21.8 Å². The van der Waals surface area contributed by atoms with Crippen LogP contribution in [0.15, 0.2) is 12.3 Å². The van der Waals surface area contributed by atoms with Crippen LogP contribution in [0.25, 0.3) is 0 Å². The van der Waals surface area contributed by atoms with Crippen LogP contribution in [-0.4, -0.2) is 38.7 Å². The van der Waals surface area contributed by atoms with Crippen LogP contribution in [0, 0.1) is 6.92 Å². The molecule has 1 saturated heterocycles. The van der Waals surface area contributed by atoms with Crippen molar-refractivity contribution in [2.24, 2.45) is 0 Å². The molecular weight excluding hydrogens is 308 g/mol. The summed E-state index contributed by atoms with van der Waals surface area (Å²) in [5.41, 5.74) is 1.85. The second kappa shape index (κ2) is 6.07. The third-order valence-corrected chi connectivity index (χ3v) is 5.98. The van der Waals surface area contributed by atoms with E-state index < -0.39 is 0 Å². The van der Waals surface area contributed by atoms with Crippen LogP contribution in [0.1, 0.15) is 57.7 Å². The van der Waals surface area contributed by atoms with Gasteiger partial charge in [0.2, 0.25) is 0 Å². The maximum absolute atomic E-state index is 12.7. The number of amides is 1. The van der Waals surface area contributed by atoms with E-state index in [1.54, 1.807) is 11.3 Å². The van der Waals surface area contributed by atoms with E-state index >= 15 is 0 Å². The summed E-state index contributed by atoms with van der Waals surface area (Å²) in [6, 6.07) is 2.00. The van der Waals surface area contributed by atoms with Crippen LogP contribution in [0.2, 0.25) is 0 Å². The predicted molar refractivity (Wildman–Crippen MR) is 89.9 cm³/mol. The first-order valence-corrected chi connectivity index (χ1v) is 9.30. The first kappa shape index (κ1) is 14.9. The summed E-state index contributed by atoms with van der Waals surface area (Å²) in [6.45, 7) is 4.67. The van der Waals surface area contributed by atoms with Crippen molar-refractivity contribution >= 4 is 17.2 Å². The van der Waals surface area contributed by atoms with E-state index in [-0.39, 0.29) is 5.91 Å². The lowest BCUT2D eigenvalue weighted by atomic mass is 9.97. The fourth-order valence-corrected chi connectivity index (χ4v) is 4.52. The Bertz CT molecular complexity index is 689. The Morgan fingerprint density at radius 1 is 1.26 bits per heavy atom. The van der Waals surface area contributed by atoms with Gasteiger partial charge in [0.05, 0.1) is 5.01 Å². The molecule has 0 bridgehead atoms. The molecule has 0 radical (unpaired) electrons. The Balaban J connectivity index is 1.41. The number of carbonyl (C=O) groups excluding carboxylic acids is 1. The average Bonchev–Trinajstić information content (AvgIpc) is 3.20. The van der Waals surface area contributed by atoms with E-state index in [0.717, 1.165) is 38.9 Å². The quantitative estimate of drug-likeness (QED) is 0.850. The van der Waals surface area contributed by atoms with E-state index in [2.05, 4.69) is 17.0 Å². The molecule has 2 aliphatic heterocycles. The summed E-state index contributed by atoms with van der Waals surface area (Å²) >= 11 is 1.79. The van der Waals surface area contributed by atoms with Gasteiger partial charge in [0.15, 0.2) is 5.69 Å². The Kier molecular flexibility index (Phi) is 3.93. The van der Waals surface area contributed by atoms with Crippen molar-refractivity contribution in [3.63, 3.8) is 0 Å².